The molecular formula is C20H19NO4. The zero-order valence-corrected chi connectivity index (χ0v) is 13.9. The van der Waals surface area contributed by atoms with E-state index in [4.69, 9.17) is 13.9 Å². The second-order valence-corrected chi connectivity index (χ2v) is 5.43. The summed E-state index contributed by atoms with van der Waals surface area (Å²) in [6, 6.07) is 17.1. The van der Waals surface area contributed by atoms with Crippen LogP contribution in [-0.4, -0.2) is 19.6 Å². The summed E-state index contributed by atoms with van der Waals surface area (Å²) in [6.07, 6.45) is 3.34. The summed E-state index contributed by atoms with van der Waals surface area (Å²) in [5.41, 5.74) is 3.11. The maximum Gasteiger partial charge on any atom is 0.258 e. The van der Waals surface area contributed by atoms with Crippen LogP contribution in [0.5, 0.6) is 11.5 Å². The average molecular weight is 337 g/mol. The van der Waals surface area contributed by atoms with Gasteiger partial charge in [0, 0.05) is 12.1 Å². The fourth-order valence-corrected chi connectivity index (χ4v) is 2.38. The quantitative estimate of drug-likeness (QED) is 0.715. The van der Waals surface area contributed by atoms with E-state index in [9.17, 15) is 4.79 Å². The van der Waals surface area contributed by atoms with Gasteiger partial charge in [-0.1, -0.05) is 36.4 Å². The first kappa shape index (κ1) is 16.6. The van der Waals surface area contributed by atoms with Gasteiger partial charge in [-0.2, -0.15) is 0 Å². The number of benzene rings is 2. The molecule has 0 bridgehead atoms. The summed E-state index contributed by atoms with van der Waals surface area (Å²) >= 11 is 0. The van der Waals surface area contributed by atoms with Gasteiger partial charge in [0.2, 0.25) is 0 Å². The lowest BCUT2D eigenvalue weighted by atomic mass is 10.1. The smallest absolute Gasteiger partial charge is 0.258 e. The Labute approximate surface area is 146 Å². The lowest BCUT2D eigenvalue weighted by Gasteiger charge is -2.10. The molecule has 5 heteroatoms. The zero-order chi connectivity index (χ0) is 17.5. The minimum atomic E-state index is -0.190. The van der Waals surface area contributed by atoms with Crippen LogP contribution in [0, 0.1) is 0 Å². The molecule has 5 nitrogen and oxygen atoms in total. The minimum absolute atomic E-state index is 0.0620. The molecular weight excluding hydrogens is 318 g/mol. The third-order valence-electron chi connectivity index (χ3n) is 3.73. The van der Waals surface area contributed by atoms with Crippen LogP contribution < -0.4 is 14.8 Å². The Morgan fingerprint density at radius 2 is 1.76 bits per heavy atom. The number of carbonyl (C=O) groups is 1. The molecule has 0 aliphatic heterocycles. The van der Waals surface area contributed by atoms with Crippen molar-refractivity contribution in [2.24, 2.45) is 0 Å². The Morgan fingerprint density at radius 3 is 2.44 bits per heavy atom. The highest BCUT2D eigenvalue weighted by atomic mass is 16.5. The van der Waals surface area contributed by atoms with Crippen LogP contribution in [-0.2, 0) is 11.3 Å². The van der Waals surface area contributed by atoms with Crippen LogP contribution >= 0.6 is 0 Å². The van der Waals surface area contributed by atoms with Crippen molar-refractivity contribution in [3.63, 3.8) is 0 Å². The van der Waals surface area contributed by atoms with E-state index in [2.05, 4.69) is 5.32 Å². The molecule has 0 aliphatic carbocycles. The number of amides is 1. The molecule has 128 valence electrons. The van der Waals surface area contributed by atoms with E-state index >= 15 is 0 Å². The monoisotopic (exact) mass is 337 g/mol. The van der Waals surface area contributed by atoms with Crippen molar-refractivity contribution in [1.29, 1.82) is 0 Å². The summed E-state index contributed by atoms with van der Waals surface area (Å²) in [7, 11) is 1.56. The van der Waals surface area contributed by atoms with Gasteiger partial charge in [-0.25, -0.2) is 0 Å². The molecule has 0 saturated heterocycles. The standard InChI is InChI=1S/C20H19NO4/c1-23-18-4-2-3-5-19(18)25-14-20(22)21-12-15-6-8-16(9-7-15)17-10-11-24-13-17/h2-11,13H,12,14H2,1H3,(H,21,22). The van der Waals surface area contributed by atoms with Crippen LogP contribution in [0.2, 0.25) is 0 Å². The van der Waals surface area contributed by atoms with E-state index in [0.29, 0.717) is 18.0 Å². The van der Waals surface area contributed by atoms with Gasteiger partial charge in [0.1, 0.15) is 0 Å². The van der Waals surface area contributed by atoms with Gasteiger partial charge in [0.05, 0.1) is 19.6 Å². The summed E-state index contributed by atoms with van der Waals surface area (Å²) in [5, 5.41) is 2.84. The molecule has 1 amide bonds. The largest absolute Gasteiger partial charge is 0.493 e. The van der Waals surface area contributed by atoms with Gasteiger partial charge in [-0.15, -0.1) is 0 Å². The number of hydrogen-bond acceptors (Lipinski definition) is 4. The van der Waals surface area contributed by atoms with E-state index in [1.54, 1.807) is 31.8 Å². The fraction of sp³-hybridized carbons (Fsp3) is 0.150. The summed E-state index contributed by atoms with van der Waals surface area (Å²) in [5.74, 6) is 0.958. The molecule has 2 aromatic carbocycles. The molecule has 0 aliphatic rings. The highest BCUT2D eigenvalue weighted by Gasteiger charge is 2.07. The average Bonchev–Trinajstić information content (AvgIpc) is 3.20. The number of ether oxygens (including phenoxy) is 2. The van der Waals surface area contributed by atoms with Gasteiger partial charge < -0.3 is 19.2 Å². The van der Waals surface area contributed by atoms with Gasteiger partial charge in [0.25, 0.3) is 5.91 Å². The molecule has 0 radical (unpaired) electrons. The second-order valence-electron chi connectivity index (χ2n) is 5.43. The first-order chi connectivity index (χ1) is 12.3. The first-order valence-electron chi connectivity index (χ1n) is 7.90. The van der Waals surface area contributed by atoms with E-state index < -0.39 is 0 Å². The molecule has 0 fully saturated rings. The maximum atomic E-state index is 12.0. The number of carbonyl (C=O) groups excluding carboxylic acids is 1. The van der Waals surface area contributed by atoms with Crippen molar-refractivity contribution in [2.75, 3.05) is 13.7 Å². The van der Waals surface area contributed by atoms with Crippen molar-refractivity contribution in [2.45, 2.75) is 6.54 Å². The maximum absolute atomic E-state index is 12.0. The van der Waals surface area contributed by atoms with Gasteiger partial charge in [-0.05, 0) is 29.3 Å². The topological polar surface area (TPSA) is 60.7 Å². The van der Waals surface area contributed by atoms with Crippen molar-refractivity contribution in [3.8, 4) is 22.6 Å². The molecule has 0 spiro atoms. The number of methoxy groups -OCH3 is 1. The second kappa shape index (κ2) is 8.06. The third kappa shape index (κ3) is 4.41. The normalized spacial score (nSPS) is 10.3. The first-order valence-corrected chi connectivity index (χ1v) is 7.90. The summed E-state index contributed by atoms with van der Waals surface area (Å²) < 4.78 is 15.8. The summed E-state index contributed by atoms with van der Waals surface area (Å²) in [6.45, 7) is 0.382. The number of nitrogens with one attached hydrogen (secondary N) is 1. The molecule has 1 heterocycles. The lowest BCUT2D eigenvalue weighted by Crippen LogP contribution is -2.28. The lowest BCUT2D eigenvalue weighted by molar-refractivity contribution is -0.123. The van der Waals surface area contributed by atoms with E-state index in [0.717, 1.165) is 16.7 Å². The highest BCUT2D eigenvalue weighted by Crippen LogP contribution is 2.25. The van der Waals surface area contributed by atoms with Crippen molar-refractivity contribution < 1.29 is 18.7 Å². The van der Waals surface area contributed by atoms with Gasteiger partial charge in [-0.3, -0.25) is 4.79 Å². The Morgan fingerprint density at radius 1 is 1.00 bits per heavy atom. The predicted molar refractivity (Wildman–Crippen MR) is 94.5 cm³/mol. The number of furan rings is 1. The number of hydrogen-bond donors (Lipinski definition) is 1. The van der Waals surface area contributed by atoms with Crippen LogP contribution in [0.4, 0.5) is 0 Å². The molecule has 1 N–H and O–H groups in total. The van der Waals surface area contributed by atoms with E-state index in [-0.39, 0.29) is 12.5 Å². The highest BCUT2D eigenvalue weighted by molar-refractivity contribution is 5.77. The number of rotatable bonds is 7. The number of para-hydroxylation sites is 2. The third-order valence-corrected chi connectivity index (χ3v) is 3.73. The van der Waals surface area contributed by atoms with Crippen molar-refractivity contribution in [1.82, 2.24) is 5.32 Å². The Kier molecular flexibility index (Phi) is 5.36. The molecule has 25 heavy (non-hydrogen) atoms. The molecule has 0 atom stereocenters. The van der Waals surface area contributed by atoms with Crippen LogP contribution in [0.15, 0.2) is 71.5 Å². The van der Waals surface area contributed by atoms with Crippen molar-refractivity contribution in [3.05, 3.63) is 72.7 Å². The SMILES string of the molecule is COc1ccccc1OCC(=O)NCc1ccc(-c2ccoc2)cc1. The minimum Gasteiger partial charge on any atom is -0.493 e. The van der Waals surface area contributed by atoms with E-state index in [1.165, 1.54) is 0 Å². The predicted octanol–water partition coefficient (Wildman–Crippen LogP) is 3.65. The van der Waals surface area contributed by atoms with Gasteiger partial charge >= 0.3 is 0 Å². The molecule has 0 unspecified atom stereocenters. The Balaban J connectivity index is 1.49. The molecule has 3 rings (SSSR count). The van der Waals surface area contributed by atoms with Crippen LogP contribution in [0.1, 0.15) is 5.56 Å². The Hall–Kier alpha value is -3.21. The molecule has 0 saturated carbocycles. The molecule has 1 aromatic heterocycles. The zero-order valence-electron chi connectivity index (χ0n) is 13.9. The molecule has 3 aromatic rings. The van der Waals surface area contributed by atoms with Crippen molar-refractivity contribution >= 4 is 5.91 Å². The van der Waals surface area contributed by atoms with Crippen LogP contribution in [0.3, 0.4) is 0 Å². The van der Waals surface area contributed by atoms with Gasteiger partial charge in [0.15, 0.2) is 18.1 Å². The van der Waals surface area contributed by atoms with Crippen LogP contribution in [0.25, 0.3) is 11.1 Å². The summed E-state index contributed by atoms with van der Waals surface area (Å²) in [4.78, 5) is 12.0. The fourth-order valence-electron chi connectivity index (χ4n) is 2.38. The Bertz CT molecular complexity index is 810. The van der Waals surface area contributed by atoms with E-state index in [1.807, 2.05) is 42.5 Å².